The first kappa shape index (κ1) is 10.2. The monoisotopic (exact) mass is 164 g/mol. The van der Waals surface area contributed by atoms with Gasteiger partial charge in [-0.3, -0.25) is 0 Å². The third-order valence-electron chi connectivity index (χ3n) is 0.824. The van der Waals surface area contributed by atoms with Crippen LogP contribution in [0.1, 0.15) is 6.92 Å². The first-order chi connectivity index (χ1) is 5.27. The van der Waals surface area contributed by atoms with Crippen LogP contribution in [0.4, 0.5) is 4.79 Å². The van der Waals surface area contributed by atoms with Crippen molar-refractivity contribution in [3.8, 4) is 0 Å². The molecular weight excluding hydrogens is 152 g/mol. The summed E-state index contributed by atoms with van der Waals surface area (Å²) in [7, 11) is 0. The van der Waals surface area contributed by atoms with Crippen LogP contribution in [0.25, 0.3) is 0 Å². The van der Waals surface area contributed by atoms with Crippen LogP contribution in [0.15, 0.2) is 0 Å². The third-order valence-corrected chi connectivity index (χ3v) is 0.824. The van der Waals surface area contributed by atoms with E-state index in [0.717, 1.165) is 0 Å². The Bertz CT molecular complexity index is 103. The summed E-state index contributed by atoms with van der Waals surface area (Å²) in [6.07, 6.45) is -1.29. The Morgan fingerprint density at radius 3 is 2.64 bits per heavy atom. The third kappa shape index (κ3) is 9.19. The fourth-order valence-corrected chi connectivity index (χ4v) is 0.389. The lowest BCUT2D eigenvalue weighted by atomic mass is 10.8. The molecule has 0 aliphatic rings. The Labute approximate surface area is 64.9 Å². The average molecular weight is 164 g/mol. The molecule has 0 rings (SSSR count). The molecule has 0 fully saturated rings. The predicted molar refractivity (Wildman–Crippen MR) is 36.4 cm³/mol. The largest absolute Gasteiger partial charge is 0.505 e. The van der Waals surface area contributed by atoms with Gasteiger partial charge in [-0.15, -0.1) is 0 Å². The van der Waals surface area contributed by atoms with Gasteiger partial charge in [-0.25, -0.2) is 4.79 Å². The quantitative estimate of drug-likeness (QED) is 0.355. The molecule has 5 nitrogen and oxygen atoms in total. The van der Waals surface area contributed by atoms with Crippen molar-refractivity contribution in [2.75, 3.05) is 26.6 Å². The minimum absolute atomic E-state index is 0.0441. The molecule has 0 aliphatic carbocycles. The van der Waals surface area contributed by atoms with Gasteiger partial charge in [-0.2, -0.15) is 0 Å². The van der Waals surface area contributed by atoms with Gasteiger partial charge in [-0.05, 0) is 6.92 Å². The van der Waals surface area contributed by atoms with E-state index in [1.807, 2.05) is 6.92 Å². The van der Waals surface area contributed by atoms with E-state index in [2.05, 4.69) is 4.74 Å². The summed E-state index contributed by atoms with van der Waals surface area (Å²) in [5.41, 5.74) is 0. The summed E-state index contributed by atoms with van der Waals surface area (Å²) in [5, 5.41) is 8.01. The van der Waals surface area contributed by atoms with Crippen LogP contribution in [-0.4, -0.2) is 37.9 Å². The van der Waals surface area contributed by atoms with Crippen molar-refractivity contribution in [1.82, 2.24) is 0 Å². The van der Waals surface area contributed by atoms with Crippen molar-refractivity contribution >= 4 is 6.16 Å². The molecule has 0 aromatic rings. The summed E-state index contributed by atoms with van der Waals surface area (Å²) in [5.74, 6) is 0. The van der Waals surface area contributed by atoms with Crippen LogP contribution in [0, 0.1) is 0 Å². The Morgan fingerprint density at radius 2 is 2.09 bits per heavy atom. The number of ether oxygens (including phenoxy) is 3. The number of carboxylic acid groups (broad SMARTS) is 1. The Morgan fingerprint density at radius 1 is 1.36 bits per heavy atom. The molecule has 0 aromatic carbocycles. The van der Waals surface area contributed by atoms with Crippen molar-refractivity contribution in [2.45, 2.75) is 6.92 Å². The Balaban J connectivity index is 2.85. The lowest BCUT2D eigenvalue weighted by Crippen LogP contribution is -2.09. The minimum Gasteiger partial charge on any atom is -0.450 e. The second-order valence-corrected chi connectivity index (χ2v) is 1.63. The molecule has 0 aromatic heterocycles. The standard InChI is InChI=1S/C6H12O5/c1-2-9-5-10-3-4-11-6(7)8/h2-5H2,1H3,(H,7,8). The van der Waals surface area contributed by atoms with Crippen LogP contribution in [0.3, 0.4) is 0 Å². The lowest BCUT2D eigenvalue weighted by molar-refractivity contribution is -0.0617. The normalized spacial score (nSPS) is 9.55. The van der Waals surface area contributed by atoms with E-state index in [9.17, 15) is 4.79 Å². The van der Waals surface area contributed by atoms with Crippen molar-refractivity contribution in [1.29, 1.82) is 0 Å². The number of hydrogen-bond acceptors (Lipinski definition) is 4. The molecule has 0 saturated carbocycles. The molecule has 0 saturated heterocycles. The van der Waals surface area contributed by atoms with E-state index >= 15 is 0 Å². The van der Waals surface area contributed by atoms with Gasteiger partial charge in [0.2, 0.25) is 0 Å². The van der Waals surface area contributed by atoms with Crippen LogP contribution in [0.5, 0.6) is 0 Å². The van der Waals surface area contributed by atoms with Crippen molar-refractivity contribution in [3.05, 3.63) is 0 Å². The summed E-state index contributed by atoms with van der Waals surface area (Å²) in [4.78, 5) is 9.78. The van der Waals surface area contributed by atoms with Crippen LogP contribution < -0.4 is 0 Å². The fraction of sp³-hybridized carbons (Fsp3) is 0.833. The minimum atomic E-state index is -1.29. The molecule has 0 aliphatic heterocycles. The van der Waals surface area contributed by atoms with Gasteiger partial charge in [0.15, 0.2) is 0 Å². The summed E-state index contributed by atoms with van der Waals surface area (Å²) < 4.78 is 13.8. The number of carbonyl (C=O) groups is 1. The van der Waals surface area contributed by atoms with Gasteiger partial charge in [0.25, 0.3) is 0 Å². The zero-order chi connectivity index (χ0) is 8.53. The first-order valence-electron chi connectivity index (χ1n) is 3.28. The van der Waals surface area contributed by atoms with E-state index in [0.29, 0.717) is 6.61 Å². The fourth-order valence-electron chi connectivity index (χ4n) is 0.389. The molecule has 0 atom stereocenters. The molecule has 0 bridgehead atoms. The molecule has 0 spiro atoms. The zero-order valence-corrected chi connectivity index (χ0v) is 6.41. The van der Waals surface area contributed by atoms with Crippen molar-refractivity contribution in [3.63, 3.8) is 0 Å². The molecule has 0 unspecified atom stereocenters. The van der Waals surface area contributed by atoms with E-state index in [1.54, 1.807) is 0 Å². The molecule has 1 N–H and O–H groups in total. The average Bonchev–Trinajstić information content (AvgIpc) is 1.96. The topological polar surface area (TPSA) is 65.0 Å². The second-order valence-electron chi connectivity index (χ2n) is 1.63. The van der Waals surface area contributed by atoms with Gasteiger partial charge < -0.3 is 19.3 Å². The molecule has 5 heteroatoms. The molecule has 11 heavy (non-hydrogen) atoms. The van der Waals surface area contributed by atoms with Gasteiger partial charge >= 0.3 is 6.16 Å². The SMILES string of the molecule is CCOCOCCOC(=O)O. The van der Waals surface area contributed by atoms with Crippen molar-refractivity contribution < 1.29 is 24.1 Å². The smallest absolute Gasteiger partial charge is 0.450 e. The van der Waals surface area contributed by atoms with Gasteiger partial charge in [0, 0.05) is 6.61 Å². The van der Waals surface area contributed by atoms with E-state index in [4.69, 9.17) is 14.6 Å². The highest BCUT2D eigenvalue weighted by Gasteiger charge is 1.94. The maximum atomic E-state index is 9.78. The summed E-state index contributed by atoms with van der Waals surface area (Å²) in [6.45, 7) is 2.88. The number of hydrogen-bond donors (Lipinski definition) is 1. The summed E-state index contributed by atoms with van der Waals surface area (Å²) in [6, 6.07) is 0. The Kier molecular flexibility index (Phi) is 6.76. The van der Waals surface area contributed by atoms with Crippen molar-refractivity contribution in [2.24, 2.45) is 0 Å². The highest BCUT2D eigenvalue weighted by Crippen LogP contribution is 1.80. The highest BCUT2D eigenvalue weighted by molar-refractivity contribution is 5.56. The highest BCUT2D eigenvalue weighted by atomic mass is 16.7. The maximum absolute atomic E-state index is 9.78. The molecular formula is C6H12O5. The summed E-state index contributed by atoms with van der Waals surface area (Å²) >= 11 is 0. The van der Waals surface area contributed by atoms with E-state index in [-0.39, 0.29) is 20.0 Å². The maximum Gasteiger partial charge on any atom is 0.505 e. The molecule has 0 radical (unpaired) electrons. The second kappa shape index (κ2) is 7.30. The van der Waals surface area contributed by atoms with E-state index < -0.39 is 6.16 Å². The molecule has 0 amide bonds. The molecule has 0 heterocycles. The van der Waals surface area contributed by atoms with Gasteiger partial charge in [-0.1, -0.05) is 0 Å². The van der Waals surface area contributed by atoms with E-state index in [1.165, 1.54) is 0 Å². The van der Waals surface area contributed by atoms with Crippen LogP contribution in [0.2, 0.25) is 0 Å². The number of rotatable bonds is 6. The molecule has 66 valence electrons. The predicted octanol–water partition coefficient (Wildman–Crippen LogP) is 0.692. The van der Waals surface area contributed by atoms with Crippen LogP contribution >= 0.6 is 0 Å². The Hall–Kier alpha value is -0.810. The zero-order valence-electron chi connectivity index (χ0n) is 6.41. The van der Waals surface area contributed by atoms with Crippen LogP contribution in [-0.2, 0) is 14.2 Å². The first-order valence-corrected chi connectivity index (χ1v) is 3.28. The van der Waals surface area contributed by atoms with Gasteiger partial charge in [0.1, 0.15) is 13.4 Å². The lowest BCUT2D eigenvalue weighted by Gasteiger charge is -2.02. The van der Waals surface area contributed by atoms with Gasteiger partial charge in [0.05, 0.1) is 6.61 Å².